The van der Waals surface area contributed by atoms with Gasteiger partial charge in [0.1, 0.15) is 5.75 Å². The second-order valence-electron chi connectivity index (χ2n) is 4.27. The minimum atomic E-state index is 0.154. The molecule has 2 heterocycles. The molecular weight excluding hydrogens is 252 g/mol. The standard InChI is InChI=1S/C15H12N4O/c16-15-18-8-5-13(19-15)12-9-11(1-2-14(12)20)10-3-6-17-7-4-10/h1-9,20H,(H2,16,18,19). The highest BCUT2D eigenvalue weighted by Gasteiger charge is 2.08. The molecule has 20 heavy (non-hydrogen) atoms. The number of hydrogen-bond acceptors (Lipinski definition) is 5. The van der Waals surface area contributed by atoms with Crippen molar-refractivity contribution in [2.45, 2.75) is 0 Å². The summed E-state index contributed by atoms with van der Waals surface area (Å²) in [5.74, 6) is 0.331. The average molecular weight is 264 g/mol. The van der Waals surface area contributed by atoms with E-state index >= 15 is 0 Å². The third kappa shape index (κ3) is 2.29. The summed E-state index contributed by atoms with van der Waals surface area (Å²) >= 11 is 0. The van der Waals surface area contributed by atoms with Gasteiger partial charge >= 0.3 is 0 Å². The van der Waals surface area contributed by atoms with E-state index in [0.29, 0.717) is 11.3 Å². The molecule has 1 aromatic carbocycles. The zero-order valence-electron chi connectivity index (χ0n) is 10.6. The van der Waals surface area contributed by atoms with Crippen molar-refractivity contribution >= 4 is 5.95 Å². The SMILES string of the molecule is Nc1nccc(-c2cc(-c3ccncc3)ccc2O)n1. The Labute approximate surface area is 115 Å². The number of aromatic nitrogens is 3. The van der Waals surface area contributed by atoms with Crippen LogP contribution in [0.25, 0.3) is 22.4 Å². The smallest absolute Gasteiger partial charge is 0.220 e. The van der Waals surface area contributed by atoms with Gasteiger partial charge in [-0.15, -0.1) is 0 Å². The van der Waals surface area contributed by atoms with E-state index in [-0.39, 0.29) is 11.7 Å². The van der Waals surface area contributed by atoms with E-state index in [0.717, 1.165) is 11.1 Å². The Balaban J connectivity index is 2.12. The number of rotatable bonds is 2. The molecule has 0 saturated carbocycles. The molecule has 3 N–H and O–H groups in total. The fourth-order valence-corrected chi connectivity index (χ4v) is 1.99. The van der Waals surface area contributed by atoms with Crippen molar-refractivity contribution < 1.29 is 5.11 Å². The lowest BCUT2D eigenvalue weighted by molar-refractivity contribution is 0.477. The number of pyridine rings is 1. The maximum absolute atomic E-state index is 10.0. The highest BCUT2D eigenvalue weighted by atomic mass is 16.3. The van der Waals surface area contributed by atoms with E-state index in [9.17, 15) is 5.11 Å². The first-order chi connectivity index (χ1) is 9.74. The molecule has 0 aliphatic heterocycles. The summed E-state index contributed by atoms with van der Waals surface area (Å²) in [5.41, 5.74) is 8.78. The molecule has 0 atom stereocenters. The van der Waals surface area contributed by atoms with Crippen molar-refractivity contribution in [1.82, 2.24) is 15.0 Å². The van der Waals surface area contributed by atoms with Crippen LogP contribution in [0.3, 0.4) is 0 Å². The zero-order valence-corrected chi connectivity index (χ0v) is 10.6. The van der Waals surface area contributed by atoms with Crippen LogP contribution in [0.15, 0.2) is 55.0 Å². The first-order valence-electron chi connectivity index (χ1n) is 6.06. The average Bonchev–Trinajstić information content (AvgIpc) is 2.48. The number of aromatic hydroxyl groups is 1. The number of nitrogens with two attached hydrogens (primary N) is 1. The van der Waals surface area contributed by atoms with Gasteiger partial charge < -0.3 is 10.8 Å². The summed E-state index contributed by atoms with van der Waals surface area (Å²) in [7, 11) is 0. The third-order valence-corrected chi connectivity index (χ3v) is 2.96. The van der Waals surface area contributed by atoms with Crippen molar-refractivity contribution in [3.05, 3.63) is 55.0 Å². The Morgan fingerprint density at radius 3 is 2.45 bits per heavy atom. The maximum Gasteiger partial charge on any atom is 0.220 e. The highest BCUT2D eigenvalue weighted by Crippen LogP contribution is 2.32. The largest absolute Gasteiger partial charge is 0.507 e. The van der Waals surface area contributed by atoms with Gasteiger partial charge in [-0.3, -0.25) is 4.98 Å². The van der Waals surface area contributed by atoms with Crippen LogP contribution in [0, 0.1) is 0 Å². The topological polar surface area (TPSA) is 84.9 Å². The van der Waals surface area contributed by atoms with Gasteiger partial charge in [0.05, 0.1) is 5.69 Å². The van der Waals surface area contributed by atoms with Crippen LogP contribution in [0.5, 0.6) is 5.75 Å². The third-order valence-electron chi connectivity index (χ3n) is 2.96. The number of nitrogen functional groups attached to an aromatic ring is 1. The molecule has 0 spiro atoms. The van der Waals surface area contributed by atoms with Crippen LogP contribution in [-0.4, -0.2) is 20.1 Å². The van der Waals surface area contributed by atoms with Gasteiger partial charge in [-0.2, -0.15) is 0 Å². The number of hydrogen-bond donors (Lipinski definition) is 2. The van der Waals surface area contributed by atoms with Crippen LogP contribution in [0.1, 0.15) is 0 Å². The van der Waals surface area contributed by atoms with Crippen LogP contribution in [0.4, 0.5) is 5.95 Å². The molecule has 5 nitrogen and oxygen atoms in total. The maximum atomic E-state index is 10.0. The van der Waals surface area contributed by atoms with Crippen LogP contribution >= 0.6 is 0 Å². The second-order valence-corrected chi connectivity index (χ2v) is 4.27. The Morgan fingerprint density at radius 2 is 1.70 bits per heavy atom. The lowest BCUT2D eigenvalue weighted by Gasteiger charge is -2.08. The Bertz CT molecular complexity index is 744. The summed E-state index contributed by atoms with van der Waals surface area (Å²) in [4.78, 5) is 12.0. The number of phenolic OH excluding ortho intramolecular Hbond substituents is 1. The van der Waals surface area contributed by atoms with Gasteiger partial charge in [-0.1, -0.05) is 6.07 Å². The Morgan fingerprint density at radius 1 is 0.900 bits per heavy atom. The van der Waals surface area contributed by atoms with Gasteiger partial charge in [0.2, 0.25) is 5.95 Å². The molecule has 3 rings (SSSR count). The number of anilines is 1. The monoisotopic (exact) mass is 264 g/mol. The van der Waals surface area contributed by atoms with Crippen LogP contribution in [0.2, 0.25) is 0 Å². The fourth-order valence-electron chi connectivity index (χ4n) is 1.99. The molecular formula is C15H12N4O. The summed E-state index contributed by atoms with van der Waals surface area (Å²) in [6.45, 7) is 0. The molecule has 0 aliphatic rings. The normalized spacial score (nSPS) is 10.4. The van der Waals surface area contributed by atoms with Gasteiger partial charge in [-0.25, -0.2) is 9.97 Å². The fraction of sp³-hybridized carbons (Fsp3) is 0. The first kappa shape index (κ1) is 12.1. The summed E-state index contributed by atoms with van der Waals surface area (Å²) < 4.78 is 0. The predicted octanol–water partition coefficient (Wildman–Crippen LogP) is 2.49. The lowest BCUT2D eigenvalue weighted by atomic mass is 10.0. The molecule has 5 heteroatoms. The van der Waals surface area contributed by atoms with Gasteiger partial charge in [0.25, 0.3) is 0 Å². The van der Waals surface area contributed by atoms with E-state index in [1.165, 1.54) is 0 Å². The van der Waals surface area contributed by atoms with Gasteiger partial charge in [0, 0.05) is 24.2 Å². The Kier molecular flexibility index (Phi) is 3.01. The molecule has 98 valence electrons. The summed E-state index contributed by atoms with van der Waals surface area (Å²) in [5, 5.41) is 10.0. The molecule has 0 unspecified atom stereocenters. The van der Waals surface area contributed by atoms with Gasteiger partial charge in [0.15, 0.2) is 0 Å². The number of benzene rings is 1. The van der Waals surface area contributed by atoms with Crippen molar-refractivity contribution in [3.63, 3.8) is 0 Å². The molecule has 0 radical (unpaired) electrons. The molecule has 0 bridgehead atoms. The van der Waals surface area contributed by atoms with Crippen LogP contribution in [-0.2, 0) is 0 Å². The van der Waals surface area contributed by atoms with E-state index in [2.05, 4.69) is 15.0 Å². The molecule has 0 amide bonds. The Hall–Kier alpha value is -2.95. The van der Waals surface area contributed by atoms with E-state index in [1.807, 2.05) is 24.3 Å². The molecule has 3 aromatic rings. The molecule has 0 fully saturated rings. The van der Waals surface area contributed by atoms with E-state index in [1.54, 1.807) is 30.7 Å². The minimum absolute atomic E-state index is 0.154. The van der Waals surface area contributed by atoms with Crippen molar-refractivity contribution in [2.24, 2.45) is 0 Å². The van der Waals surface area contributed by atoms with E-state index in [4.69, 9.17) is 5.73 Å². The van der Waals surface area contributed by atoms with Crippen LogP contribution < -0.4 is 5.73 Å². The molecule has 0 saturated heterocycles. The lowest BCUT2D eigenvalue weighted by Crippen LogP contribution is -1.95. The summed E-state index contributed by atoms with van der Waals surface area (Å²) in [6, 6.07) is 10.9. The minimum Gasteiger partial charge on any atom is -0.507 e. The summed E-state index contributed by atoms with van der Waals surface area (Å²) in [6.07, 6.45) is 5.02. The van der Waals surface area contributed by atoms with Gasteiger partial charge in [-0.05, 0) is 41.5 Å². The number of nitrogens with zero attached hydrogens (tertiary/aromatic N) is 3. The number of phenols is 1. The van der Waals surface area contributed by atoms with Crippen molar-refractivity contribution in [2.75, 3.05) is 5.73 Å². The molecule has 2 aromatic heterocycles. The second kappa shape index (κ2) is 4.97. The molecule has 0 aliphatic carbocycles. The first-order valence-corrected chi connectivity index (χ1v) is 6.06. The predicted molar refractivity (Wildman–Crippen MR) is 76.8 cm³/mol. The van der Waals surface area contributed by atoms with Crippen molar-refractivity contribution in [3.8, 4) is 28.1 Å². The van der Waals surface area contributed by atoms with E-state index < -0.39 is 0 Å². The highest BCUT2D eigenvalue weighted by molar-refractivity contribution is 5.75. The van der Waals surface area contributed by atoms with Crippen molar-refractivity contribution in [1.29, 1.82) is 0 Å². The zero-order chi connectivity index (χ0) is 13.9. The quantitative estimate of drug-likeness (QED) is 0.742.